The first kappa shape index (κ1) is 14.8. The number of rotatable bonds is 5. The Balaban J connectivity index is 1.62. The summed E-state index contributed by atoms with van der Waals surface area (Å²) in [5.74, 6) is 2.02. The molecule has 0 aliphatic heterocycles. The van der Waals surface area contributed by atoms with Crippen molar-refractivity contribution in [3.63, 3.8) is 0 Å². The van der Waals surface area contributed by atoms with Crippen LogP contribution < -0.4 is 10.6 Å². The Labute approximate surface area is 126 Å². The second-order valence-electron chi connectivity index (χ2n) is 7.36. The van der Waals surface area contributed by atoms with E-state index in [0.717, 1.165) is 17.8 Å². The molecule has 4 saturated carbocycles. The van der Waals surface area contributed by atoms with E-state index in [1.807, 2.05) is 0 Å². The summed E-state index contributed by atoms with van der Waals surface area (Å²) in [5.41, 5.74) is 0.194. The average Bonchev–Trinajstić information content (AvgIpc) is 2.40. The van der Waals surface area contributed by atoms with Gasteiger partial charge in [0, 0.05) is 19.0 Å². The summed E-state index contributed by atoms with van der Waals surface area (Å²) in [5, 5.41) is 6.32. The van der Waals surface area contributed by atoms with E-state index < -0.39 is 6.04 Å². The van der Waals surface area contributed by atoms with Gasteiger partial charge in [0.1, 0.15) is 6.04 Å². The van der Waals surface area contributed by atoms with Crippen LogP contribution in [0.25, 0.3) is 0 Å². The lowest BCUT2D eigenvalue weighted by molar-refractivity contribution is -0.145. The lowest BCUT2D eigenvalue weighted by Crippen LogP contribution is -2.61. The predicted molar refractivity (Wildman–Crippen MR) is 78.5 cm³/mol. The molecule has 5 nitrogen and oxygen atoms in total. The zero-order valence-electron chi connectivity index (χ0n) is 13.0. The largest absolute Gasteiger partial charge is 0.467 e. The van der Waals surface area contributed by atoms with E-state index in [1.165, 1.54) is 52.6 Å². The summed E-state index contributed by atoms with van der Waals surface area (Å²) in [7, 11) is 1.36. The van der Waals surface area contributed by atoms with Crippen LogP contribution in [0.4, 0.5) is 0 Å². The van der Waals surface area contributed by atoms with E-state index in [0.29, 0.717) is 6.54 Å². The second-order valence-corrected chi connectivity index (χ2v) is 7.36. The Morgan fingerprint density at radius 3 is 2.10 bits per heavy atom. The monoisotopic (exact) mass is 294 g/mol. The molecule has 4 rings (SSSR count). The zero-order chi connectivity index (χ0) is 15.0. The second kappa shape index (κ2) is 5.59. The quantitative estimate of drug-likeness (QED) is 0.748. The SMILES string of the molecule is COC(=O)C(CNC12CC3CC(CC(C3)C1)C2)NC(C)=O. The molecule has 118 valence electrons. The van der Waals surface area contributed by atoms with Crippen LogP contribution in [0, 0.1) is 17.8 Å². The van der Waals surface area contributed by atoms with Gasteiger partial charge in [0.25, 0.3) is 0 Å². The number of nitrogens with one attached hydrogen (secondary N) is 2. The Morgan fingerprint density at radius 1 is 1.14 bits per heavy atom. The van der Waals surface area contributed by atoms with E-state index in [-0.39, 0.29) is 17.4 Å². The van der Waals surface area contributed by atoms with Gasteiger partial charge in [-0.25, -0.2) is 4.79 Å². The van der Waals surface area contributed by atoms with E-state index in [1.54, 1.807) is 0 Å². The van der Waals surface area contributed by atoms with Crippen LogP contribution in [-0.4, -0.2) is 37.1 Å². The fourth-order valence-corrected chi connectivity index (χ4v) is 5.23. The summed E-state index contributed by atoms with van der Waals surface area (Å²) >= 11 is 0. The first-order chi connectivity index (χ1) is 9.99. The molecule has 0 spiro atoms. The van der Waals surface area contributed by atoms with Crippen molar-refractivity contribution in [2.75, 3.05) is 13.7 Å². The highest BCUT2D eigenvalue weighted by Crippen LogP contribution is 2.55. The topological polar surface area (TPSA) is 67.4 Å². The predicted octanol–water partition coefficient (Wildman–Crippen LogP) is 1.22. The first-order valence-electron chi connectivity index (χ1n) is 8.09. The van der Waals surface area contributed by atoms with Crippen molar-refractivity contribution in [2.45, 2.75) is 57.0 Å². The zero-order valence-corrected chi connectivity index (χ0v) is 13.0. The van der Waals surface area contributed by atoms with Crippen molar-refractivity contribution in [3.8, 4) is 0 Å². The molecule has 21 heavy (non-hydrogen) atoms. The Hall–Kier alpha value is -1.10. The van der Waals surface area contributed by atoms with E-state index in [9.17, 15) is 9.59 Å². The number of carbonyl (C=O) groups is 2. The Kier molecular flexibility index (Phi) is 3.95. The molecule has 0 aromatic heterocycles. The summed E-state index contributed by atoms with van der Waals surface area (Å²) in [6.07, 6.45) is 7.88. The van der Waals surface area contributed by atoms with E-state index in [4.69, 9.17) is 4.74 Å². The minimum Gasteiger partial charge on any atom is -0.467 e. The smallest absolute Gasteiger partial charge is 0.329 e. The van der Waals surface area contributed by atoms with Gasteiger partial charge in [0.2, 0.25) is 5.91 Å². The average molecular weight is 294 g/mol. The molecule has 4 fully saturated rings. The maximum absolute atomic E-state index is 11.8. The van der Waals surface area contributed by atoms with Crippen molar-refractivity contribution in [1.29, 1.82) is 0 Å². The molecular formula is C16H26N2O3. The van der Waals surface area contributed by atoms with Crippen LogP contribution >= 0.6 is 0 Å². The first-order valence-corrected chi connectivity index (χ1v) is 8.09. The number of amides is 1. The molecule has 4 aliphatic rings. The molecule has 4 aliphatic carbocycles. The molecule has 4 bridgehead atoms. The number of hydrogen-bond acceptors (Lipinski definition) is 4. The molecule has 0 saturated heterocycles. The minimum absolute atomic E-state index is 0.194. The Morgan fingerprint density at radius 2 is 1.67 bits per heavy atom. The molecule has 0 aromatic carbocycles. The van der Waals surface area contributed by atoms with Gasteiger partial charge < -0.3 is 15.4 Å². The number of carbonyl (C=O) groups excluding carboxylic acids is 2. The van der Waals surface area contributed by atoms with Crippen LogP contribution in [0.1, 0.15) is 45.4 Å². The molecule has 0 aromatic rings. The summed E-state index contributed by atoms with van der Waals surface area (Å²) < 4.78 is 4.79. The molecular weight excluding hydrogens is 268 g/mol. The standard InChI is InChI=1S/C16H26N2O3/c1-10(19)18-14(15(20)21-2)9-17-16-6-11-3-12(7-16)5-13(4-11)8-16/h11-14,17H,3-9H2,1-2H3,(H,18,19). The van der Waals surface area contributed by atoms with Crippen molar-refractivity contribution in [1.82, 2.24) is 10.6 Å². The van der Waals surface area contributed by atoms with Crippen molar-refractivity contribution in [3.05, 3.63) is 0 Å². The van der Waals surface area contributed by atoms with Crippen molar-refractivity contribution >= 4 is 11.9 Å². The highest BCUT2D eigenvalue weighted by atomic mass is 16.5. The molecule has 1 atom stereocenters. The lowest BCUT2D eigenvalue weighted by atomic mass is 9.53. The molecule has 1 unspecified atom stereocenters. The fourth-order valence-electron chi connectivity index (χ4n) is 5.23. The van der Waals surface area contributed by atoms with E-state index >= 15 is 0 Å². The van der Waals surface area contributed by atoms with E-state index in [2.05, 4.69) is 10.6 Å². The third-order valence-corrected chi connectivity index (χ3v) is 5.58. The van der Waals surface area contributed by atoms with Crippen LogP contribution in [0.2, 0.25) is 0 Å². The minimum atomic E-state index is -0.583. The fraction of sp³-hybridized carbons (Fsp3) is 0.875. The number of hydrogen-bond donors (Lipinski definition) is 2. The summed E-state index contributed by atoms with van der Waals surface area (Å²) in [6.45, 7) is 1.90. The summed E-state index contributed by atoms with van der Waals surface area (Å²) in [4.78, 5) is 23.0. The maximum Gasteiger partial charge on any atom is 0.329 e. The van der Waals surface area contributed by atoms with Crippen LogP contribution in [0.3, 0.4) is 0 Å². The molecule has 0 heterocycles. The Bertz CT molecular complexity index is 400. The van der Waals surface area contributed by atoms with Crippen LogP contribution in [0.5, 0.6) is 0 Å². The summed E-state index contributed by atoms with van der Waals surface area (Å²) in [6, 6.07) is -0.583. The van der Waals surface area contributed by atoms with Gasteiger partial charge >= 0.3 is 5.97 Å². The van der Waals surface area contributed by atoms with Crippen LogP contribution in [0.15, 0.2) is 0 Å². The lowest BCUT2D eigenvalue weighted by Gasteiger charge is -2.57. The van der Waals surface area contributed by atoms with Gasteiger partial charge in [0.05, 0.1) is 7.11 Å². The molecule has 2 N–H and O–H groups in total. The van der Waals surface area contributed by atoms with Gasteiger partial charge in [-0.3, -0.25) is 4.79 Å². The van der Waals surface area contributed by atoms with Crippen molar-refractivity contribution in [2.24, 2.45) is 17.8 Å². The number of esters is 1. The van der Waals surface area contributed by atoms with Gasteiger partial charge in [0.15, 0.2) is 0 Å². The molecule has 0 radical (unpaired) electrons. The third-order valence-electron chi connectivity index (χ3n) is 5.58. The normalized spacial score (nSPS) is 38.1. The number of methoxy groups -OCH3 is 1. The maximum atomic E-state index is 11.8. The highest BCUT2D eigenvalue weighted by Gasteiger charge is 2.50. The van der Waals surface area contributed by atoms with Gasteiger partial charge in [-0.15, -0.1) is 0 Å². The van der Waals surface area contributed by atoms with Gasteiger partial charge in [-0.1, -0.05) is 0 Å². The van der Waals surface area contributed by atoms with Crippen molar-refractivity contribution < 1.29 is 14.3 Å². The van der Waals surface area contributed by atoms with Crippen LogP contribution in [-0.2, 0) is 14.3 Å². The highest BCUT2D eigenvalue weighted by molar-refractivity contribution is 5.83. The molecule has 1 amide bonds. The third kappa shape index (κ3) is 3.07. The van der Waals surface area contributed by atoms with Gasteiger partial charge in [-0.2, -0.15) is 0 Å². The number of ether oxygens (including phenoxy) is 1. The molecule has 5 heteroatoms. The van der Waals surface area contributed by atoms with Gasteiger partial charge in [-0.05, 0) is 56.3 Å².